The summed E-state index contributed by atoms with van der Waals surface area (Å²) in [6.45, 7) is 0.565. The second-order valence-corrected chi connectivity index (χ2v) is 6.77. The van der Waals surface area contributed by atoms with E-state index in [0.717, 1.165) is 22.9 Å². The molecule has 1 saturated carbocycles. The van der Waals surface area contributed by atoms with Gasteiger partial charge in [0.2, 0.25) is 5.91 Å². The number of halogens is 1. The molecule has 0 bridgehead atoms. The summed E-state index contributed by atoms with van der Waals surface area (Å²) in [6, 6.07) is 11.9. The highest BCUT2D eigenvalue weighted by atomic mass is 79.9. The Labute approximate surface area is 143 Å². The molecule has 5 nitrogen and oxygen atoms in total. The maximum atomic E-state index is 12.5. The van der Waals surface area contributed by atoms with Crippen molar-refractivity contribution in [1.82, 2.24) is 9.78 Å². The molecule has 0 spiro atoms. The van der Waals surface area contributed by atoms with Crippen LogP contribution in [0.4, 0.5) is 5.82 Å². The van der Waals surface area contributed by atoms with Gasteiger partial charge < -0.3 is 5.32 Å². The average molecular weight is 373 g/mol. The number of benzene rings is 1. The average Bonchev–Trinajstić information content (AvgIpc) is 3.20. The fourth-order valence-corrected chi connectivity index (χ4v) is 3.20. The van der Waals surface area contributed by atoms with E-state index in [1.807, 2.05) is 24.3 Å². The Bertz CT molecular complexity index is 739. The molecule has 1 fully saturated rings. The molecule has 0 radical (unpaired) electrons. The zero-order valence-corrected chi connectivity index (χ0v) is 14.2. The van der Waals surface area contributed by atoms with E-state index < -0.39 is 5.41 Å². The van der Waals surface area contributed by atoms with Crippen molar-refractivity contribution < 1.29 is 4.79 Å². The van der Waals surface area contributed by atoms with Crippen molar-refractivity contribution in [2.45, 2.75) is 32.2 Å². The van der Waals surface area contributed by atoms with Crippen LogP contribution in [0, 0.1) is 16.7 Å². The number of rotatable bonds is 4. The van der Waals surface area contributed by atoms with Gasteiger partial charge in [-0.05, 0) is 30.5 Å². The molecule has 6 heteroatoms. The monoisotopic (exact) mass is 372 g/mol. The molecule has 1 aliphatic carbocycles. The molecule has 0 unspecified atom stereocenters. The highest BCUT2D eigenvalue weighted by Crippen LogP contribution is 2.38. The summed E-state index contributed by atoms with van der Waals surface area (Å²) in [4.78, 5) is 12.5. The van der Waals surface area contributed by atoms with Crippen LogP contribution in [0.15, 0.2) is 41.0 Å². The van der Waals surface area contributed by atoms with Crippen LogP contribution in [0.5, 0.6) is 0 Å². The maximum absolute atomic E-state index is 12.5. The minimum atomic E-state index is -0.882. The number of amides is 1. The normalized spacial score (nSPS) is 16.0. The highest BCUT2D eigenvalue weighted by Gasteiger charge is 2.41. The summed E-state index contributed by atoms with van der Waals surface area (Å²) in [5.74, 6) is 0.412. The summed E-state index contributed by atoms with van der Waals surface area (Å²) in [5.41, 5.74) is 0.204. The molecule has 23 heavy (non-hydrogen) atoms. The Morgan fingerprint density at radius 3 is 2.65 bits per heavy atom. The lowest BCUT2D eigenvalue weighted by Gasteiger charge is -2.19. The largest absolute Gasteiger partial charge is 0.310 e. The van der Waals surface area contributed by atoms with E-state index in [9.17, 15) is 10.1 Å². The molecule has 0 atom stereocenters. The van der Waals surface area contributed by atoms with Gasteiger partial charge in [-0.15, -0.1) is 0 Å². The first-order chi connectivity index (χ1) is 11.1. The summed E-state index contributed by atoms with van der Waals surface area (Å²) in [6.07, 6.45) is 4.78. The first kappa shape index (κ1) is 15.8. The molecule has 1 amide bonds. The summed E-state index contributed by atoms with van der Waals surface area (Å²) >= 11 is 3.41. The SMILES string of the molecule is N#CC1(C(=O)Nc2ccnn2Cc2ccc(Br)cc2)CCCC1. The number of anilines is 1. The van der Waals surface area contributed by atoms with Gasteiger partial charge in [0.15, 0.2) is 0 Å². The number of carbonyl (C=O) groups excluding carboxylic acids is 1. The van der Waals surface area contributed by atoms with Gasteiger partial charge in [0, 0.05) is 10.5 Å². The van der Waals surface area contributed by atoms with Gasteiger partial charge in [-0.25, -0.2) is 4.68 Å². The van der Waals surface area contributed by atoms with E-state index >= 15 is 0 Å². The van der Waals surface area contributed by atoms with Crippen LogP contribution in [-0.2, 0) is 11.3 Å². The molecule has 0 aliphatic heterocycles. The Morgan fingerprint density at radius 1 is 1.30 bits per heavy atom. The van der Waals surface area contributed by atoms with Crippen LogP contribution in [0.2, 0.25) is 0 Å². The highest BCUT2D eigenvalue weighted by molar-refractivity contribution is 9.10. The van der Waals surface area contributed by atoms with E-state index in [-0.39, 0.29) is 5.91 Å². The second-order valence-electron chi connectivity index (χ2n) is 5.86. The molecule has 1 N–H and O–H groups in total. The topological polar surface area (TPSA) is 70.7 Å². The van der Waals surface area contributed by atoms with E-state index in [0.29, 0.717) is 25.2 Å². The molecule has 2 aromatic rings. The third-order valence-electron chi connectivity index (χ3n) is 4.31. The lowest BCUT2D eigenvalue weighted by Crippen LogP contribution is -2.33. The van der Waals surface area contributed by atoms with Gasteiger partial charge in [-0.3, -0.25) is 4.79 Å². The quantitative estimate of drug-likeness (QED) is 0.888. The Balaban J connectivity index is 1.75. The molecule has 1 aromatic heterocycles. The molecular weight excluding hydrogens is 356 g/mol. The molecule has 1 aliphatic rings. The fraction of sp³-hybridized carbons (Fsp3) is 0.353. The van der Waals surface area contributed by atoms with Crippen molar-refractivity contribution >= 4 is 27.7 Å². The van der Waals surface area contributed by atoms with E-state index in [2.05, 4.69) is 32.4 Å². The van der Waals surface area contributed by atoms with E-state index in [1.54, 1.807) is 16.9 Å². The first-order valence-electron chi connectivity index (χ1n) is 7.62. The lowest BCUT2D eigenvalue weighted by molar-refractivity contribution is -0.122. The van der Waals surface area contributed by atoms with Crippen molar-refractivity contribution in [3.05, 3.63) is 46.6 Å². The number of nitriles is 1. The van der Waals surface area contributed by atoms with Crippen LogP contribution < -0.4 is 5.32 Å². The van der Waals surface area contributed by atoms with Crippen molar-refractivity contribution in [2.24, 2.45) is 5.41 Å². The smallest absolute Gasteiger partial charge is 0.245 e. The predicted octanol–water partition coefficient (Wildman–Crippen LogP) is 3.72. The third-order valence-corrected chi connectivity index (χ3v) is 4.84. The Morgan fingerprint density at radius 2 is 2.00 bits per heavy atom. The van der Waals surface area contributed by atoms with Crippen LogP contribution >= 0.6 is 15.9 Å². The summed E-state index contributed by atoms with van der Waals surface area (Å²) in [5, 5.41) is 16.6. The predicted molar refractivity (Wildman–Crippen MR) is 90.6 cm³/mol. The second kappa shape index (κ2) is 6.55. The van der Waals surface area contributed by atoms with Gasteiger partial charge in [0.25, 0.3) is 0 Å². The molecule has 3 rings (SSSR count). The van der Waals surface area contributed by atoms with Gasteiger partial charge in [0.1, 0.15) is 11.2 Å². The van der Waals surface area contributed by atoms with Gasteiger partial charge in [0.05, 0.1) is 18.8 Å². The maximum Gasteiger partial charge on any atom is 0.245 e. The number of hydrogen-bond donors (Lipinski definition) is 1. The molecular formula is C17H17BrN4O. The van der Waals surface area contributed by atoms with Crippen molar-refractivity contribution in [2.75, 3.05) is 5.32 Å². The van der Waals surface area contributed by atoms with E-state index in [4.69, 9.17) is 0 Å². The van der Waals surface area contributed by atoms with Gasteiger partial charge in [-0.1, -0.05) is 40.9 Å². The summed E-state index contributed by atoms with van der Waals surface area (Å²) < 4.78 is 2.76. The Hall–Kier alpha value is -2.13. The van der Waals surface area contributed by atoms with Crippen LogP contribution in [-0.4, -0.2) is 15.7 Å². The zero-order valence-electron chi connectivity index (χ0n) is 12.6. The molecule has 1 heterocycles. The third kappa shape index (κ3) is 3.30. The fourth-order valence-electron chi connectivity index (χ4n) is 2.93. The van der Waals surface area contributed by atoms with Crippen LogP contribution in [0.25, 0.3) is 0 Å². The standard InChI is InChI=1S/C17H17BrN4O/c18-14-5-3-13(4-6-14)11-22-15(7-10-20-22)21-16(23)17(12-19)8-1-2-9-17/h3-7,10H,1-2,8-9,11H2,(H,21,23). The first-order valence-corrected chi connectivity index (χ1v) is 8.41. The van der Waals surface area contributed by atoms with Crippen molar-refractivity contribution in [1.29, 1.82) is 5.26 Å². The van der Waals surface area contributed by atoms with Crippen molar-refractivity contribution in [3.63, 3.8) is 0 Å². The number of nitrogens with one attached hydrogen (secondary N) is 1. The van der Waals surface area contributed by atoms with Gasteiger partial charge >= 0.3 is 0 Å². The number of nitrogens with zero attached hydrogens (tertiary/aromatic N) is 3. The van der Waals surface area contributed by atoms with E-state index in [1.165, 1.54) is 0 Å². The molecule has 1 aromatic carbocycles. The minimum Gasteiger partial charge on any atom is -0.310 e. The molecule has 0 saturated heterocycles. The lowest BCUT2D eigenvalue weighted by atomic mass is 9.87. The molecule has 118 valence electrons. The number of hydrogen-bond acceptors (Lipinski definition) is 3. The van der Waals surface area contributed by atoms with Gasteiger partial charge in [-0.2, -0.15) is 10.4 Å². The minimum absolute atomic E-state index is 0.213. The number of aromatic nitrogens is 2. The van der Waals surface area contributed by atoms with Crippen LogP contribution in [0.1, 0.15) is 31.2 Å². The van der Waals surface area contributed by atoms with Crippen LogP contribution in [0.3, 0.4) is 0 Å². The zero-order chi connectivity index (χ0) is 16.3. The summed E-state index contributed by atoms with van der Waals surface area (Å²) in [7, 11) is 0. The Kier molecular flexibility index (Phi) is 4.49. The number of carbonyl (C=O) groups is 1. The van der Waals surface area contributed by atoms with Crippen molar-refractivity contribution in [3.8, 4) is 6.07 Å².